The van der Waals surface area contributed by atoms with E-state index >= 15 is 0 Å². The van der Waals surface area contributed by atoms with E-state index in [1.165, 1.54) is 11.8 Å². The van der Waals surface area contributed by atoms with Gasteiger partial charge < -0.3 is 15.6 Å². The van der Waals surface area contributed by atoms with E-state index < -0.39 is 0 Å². The van der Waals surface area contributed by atoms with E-state index in [9.17, 15) is 4.79 Å². The molecule has 0 fully saturated rings. The molecule has 0 spiro atoms. The second kappa shape index (κ2) is 7.61. The van der Waals surface area contributed by atoms with E-state index in [-0.39, 0.29) is 11.7 Å². The number of rotatable bonds is 5. The molecule has 0 aliphatic heterocycles. The van der Waals surface area contributed by atoms with E-state index in [0.717, 1.165) is 28.2 Å². The summed E-state index contributed by atoms with van der Waals surface area (Å²) in [6.07, 6.45) is 0. The lowest BCUT2D eigenvalue weighted by Crippen LogP contribution is -2.15. The van der Waals surface area contributed by atoms with Crippen molar-refractivity contribution < 1.29 is 4.79 Å². The maximum Gasteiger partial charge on any atom is 0.234 e. The summed E-state index contributed by atoms with van der Waals surface area (Å²) in [5.41, 5.74) is 10.5. The van der Waals surface area contributed by atoms with E-state index in [4.69, 9.17) is 5.73 Å². The number of carbonyl (C=O) groups is 1. The van der Waals surface area contributed by atoms with Crippen LogP contribution in [0.15, 0.2) is 47.6 Å². The predicted molar refractivity (Wildman–Crippen MR) is 106 cm³/mol. The number of nitrogen functional groups attached to an aromatic ring is 1. The molecule has 0 saturated carbocycles. The van der Waals surface area contributed by atoms with Crippen LogP contribution in [0.25, 0.3) is 11.4 Å². The zero-order chi connectivity index (χ0) is 18.7. The number of hydrogen-bond donors (Lipinski definition) is 2. The molecule has 2 aromatic carbocycles. The van der Waals surface area contributed by atoms with Crippen LogP contribution in [-0.4, -0.2) is 26.4 Å². The second-order valence-electron chi connectivity index (χ2n) is 6.07. The van der Waals surface area contributed by atoms with Crippen molar-refractivity contribution in [2.24, 2.45) is 7.05 Å². The Morgan fingerprint density at radius 3 is 2.73 bits per heavy atom. The normalized spacial score (nSPS) is 10.7. The predicted octanol–water partition coefficient (Wildman–Crippen LogP) is 3.41. The topological polar surface area (TPSA) is 85.8 Å². The number of aryl methyl sites for hydroxylation is 1. The van der Waals surface area contributed by atoms with Crippen LogP contribution >= 0.6 is 11.8 Å². The summed E-state index contributed by atoms with van der Waals surface area (Å²) < 4.78 is 1.87. The molecule has 1 amide bonds. The summed E-state index contributed by atoms with van der Waals surface area (Å²) in [5.74, 6) is 0.906. The van der Waals surface area contributed by atoms with Crippen molar-refractivity contribution in [1.82, 2.24) is 14.8 Å². The Kier molecular flexibility index (Phi) is 5.27. The molecule has 3 aromatic rings. The molecule has 134 valence electrons. The molecule has 6 nitrogen and oxygen atoms in total. The fourth-order valence-corrected chi connectivity index (χ4v) is 3.28. The lowest BCUT2D eigenvalue weighted by molar-refractivity contribution is -0.113. The summed E-state index contributed by atoms with van der Waals surface area (Å²) in [6.45, 7) is 4.02. The molecule has 0 bridgehead atoms. The van der Waals surface area contributed by atoms with E-state index in [0.29, 0.717) is 10.8 Å². The van der Waals surface area contributed by atoms with Crippen molar-refractivity contribution in [2.75, 3.05) is 16.8 Å². The number of hydrogen-bond acceptors (Lipinski definition) is 5. The Labute approximate surface area is 156 Å². The summed E-state index contributed by atoms with van der Waals surface area (Å²) in [7, 11) is 1.88. The third-order valence-electron chi connectivity index (χ3n) is 4.19. The molecule has 0 unspecified atom stereocenters. The monoisotopic (exact) mass is 367 g/mol. The maximum absolute atomic E-state index is 12.3. The number of anilines is 2. The van der Waals surface area contributed by atoms with Gasteiger partial charge in [0.25, 0.3) is 0 Å². The molecule has 3 rings (SSSR count). The van der Waals surface area contributed by atoms with Gasteiger partial charge in [0.05, 0.1) is 5.75 Å². The van der Waals surface area contributed by atoms with Crippen LogP contribution in [0.3, 0.4) is 0 Å². The Balaban J connectivity index is 1.67. The van der Waals surface area contributed by atoms with Crippen LogP contribution in [0.1, 0.15) is 11.1 Å². The van der Waals surface area contributed by atoms with Gasteiger partial charge in [-0.3, -0.25) is 4.79 Å². The minimum atomic E-state index is -0.0720. The van der Waals surface area contributed by atoms with Crippen molar-refractivity contribution in [3.05, 3.63) is 53.6 Å². The smallest absolute Gasteiger partial charge is 0.234 e. The molecule has 3 N–H and O–H groups in total. The van der Waals surface area contributed by atoms with Gasteiger partial charge in [-0.1, -0.05) is 36.0 Å². The van der Waals surface area contributed by atoms with Crippen molar-refractivity contribution in [1.29, 1.82) is 0 Å². The van der Waals surface area contributed by atoms with Crippen LogP contribution in [0, 0.1) is 13.8 Å². The number of aromatic nitrogens is 3. The van der Waals surface area contributed by atoms with E-state index in [1.54, 1.807) is 0 Å². The first kappa shape index (κ1) is 18.0. The number of nitrogens with one attached hydrogen (secondary N) is 1. The quantitative estimate of drug-likeness (QED) is 0.533. The molecule has 1 aromatic heterocycles. The number of amides is 1. The number of thioether (sulfide) groups is 1. The Bertz CT molecular complexity index is 951. The highest BCUT2D eigenvalue weighted by atomic mass is 32.2. The average Bonchev–Trinajstić information content (AvgIpc) is 2.98. The van der Waals surface area contributed by atoms with Gasteiger partial charge in [0, 0.05) is 24.0 Å². The largest absolute Gasteiger partial charge is 0.399 e. The van der Waals surface area contributed by atoms with Crippen LogP contribution in [0.5, 0.6) is 0 Å². The minimum Gasteiger partial charge on any atom is -0.399 e. The summed E-state index contributed by atoms with van der Waals surface area (Å²) in [6, 6.07) is 13.4. The van der Waals surface area contributed by atoms with Crippen molar-refractivity contribution >= 4 is 29.0 Å². The van der Waals surface area contributed by atoms with Crippen molar-refractivity contribution in [2.45, 2.75) is 19.0 Å². The summed E-state index contributed by atoms with van der Waals surface area (Å²) in [5, 5.41) is 12.0. The maximum atomic E-state index is 12.3. The third kappa shape index (κ3) is 3.88. The van der Waals surface area contributed by atoms with Crippen molar-refractivity contribution in [3.63, 3.8) is 0 Å². The summed E-state index contributed by atoms with van der Waals surface area (Å²) in [4.78, 5) is 12.3. The van der Waals surface area contributed by atoms with Crippen LogP contribution < -0.4 is 11.1 Å². The molecule has 0 atom stereocenters. The summed E-state index contributed by atoms with van der Waals surface area (Å²) >= 11 is 1.35. The third-order valence-corrected chi connectivity index (χ3v) is 5.21. The SMILES string of the molecule is Cc1cccc(NC(=O)CSc2nnc(-c3cccc(N)c3)n2C)c1C. The van der Waals surface area contributed by atoms with Gasteiger partial charge in [-0.05, 0) is 43.2 Å². The van der Waals surface area contributed by atoms with Gasteiger partial charge in [0.2, 0.25) is 5.91 Å². The van der Waals surface area contributed by atoms with Gasteiger partial charge in [-0.15, -0.1) is 10.2 Å². The molecule has 0 radical (unpaired) electrons. The Morgan fingerprint density at radius 1 is 1.19 bits per heavy atom. The lowest BCUT2D eigenvalue weighted by Gasteiger charge is -2.10. The Morgan fingerprint density at radius 2 is 1.96 bits per heavy atom. The number of carbonyl (C=O) groups excluding carboxylic acids is 1. The molecule has 0 aliphatic rings. The first-order valence-corrected chi connectivity index (χ1v) is 9.18. The van der Waals surface area contributed by atoms with Gasteiger partial charge >= 0.3 is 0 Å². The van der Waals surface area contributed by atoms with Crippen molar-refractivity contribution in [3.8, 4) is 11.4 Å². The molecule has 0 saturated heterocycles. The highest BCUT2D eigenvalue weighted by molar-refractivity contribution is 7.99. The van der Waals surface area contributed by atoms with Gasteiger partial charge in [0.15, 0.2) is 11.0 Å². The number of nitrogens with two attached hydrogens (primary N) is 1. The first-order valence-electron chi connectivity index (χ1n) is 8.20. The molecular formula is C19H21N5OS. The highest BCUT2D eigenvalue weighted by Crippen LogP contribution is 2.24. The van der Waals surface area contributed by atoms with E-state index in [2.05, 4.69) is 15.5 Å². The van der Waals surface area contributed by atoms with Gasteiger partial charge in [-0.25, -0.2) is 0 Å². The van der Waals surface area contributed by atoms with Crippen LogP contribution in [0.2, 0.25) is 0 Å². The molecule has 0 aliphatic carbocycles. The van der Waals surface area contributed by atoms with Gasteiger partial charge in [0.1, 0.15) is 0 Å². The lowest BCUT2D eigenvalue weighted by atomic mass is 10.1. The Hall–Kier alpha value is -2.80. The second-order valence-corrected chi connectivity index (χ2v) is 7.02. The minimum absolute atomic E-state index is 0.0720. The van der Waals surface area contributed by atoms with Crippen LogP contribution in [0.4, 0.5) is 11.4 Å². The average molecular weight is 367 g/mol. The molecule has 1 heterocycles. The highest BCUT2D eigenvalue weighted by Gasteiger charge is 2.13. The number of nitrogens with zero attached hydrogens (tertiary/aromatic N) is 3. The zero-order valence-corrected chi connectivity index (χ0v) is 15.8. The molecule has 26 heavy (non-hydrogen) atoms. The first-order chi connectivity index (χ1) is 12.5. The van der Waals surface area contributed by atoms with Crippen LogP contribution in [-0.2, 0) is 11.8 Å². The van der Waals surface area contributed by atoms with Gasteiger partial charge in [-0.2, -0.15) is 0 Å². The molecule has 7 heteroatoms. The molecular weight excluding hydrogens is 346 g/mol. The zero-order valence-electron chi connectivity index (χ0n) is 15.0. The fraction of sp³-hybridized carbons (Fsp3) is 0.211. The standard InChI is InChI=1S/C19H21N5OS/c1-12-6-4-9-16(13(12)2)21-17(25)11-26-19-23-22-18(24(19)3)14-7-5-8-15(20)10-14/h4-10H,11,20H2,1-3H3,(H,21,25). The van der Waals surface area contributed by atoms with E-state index in [1.807, 2.05) is 67.9 Å². The number of benzene rings is 2. The fourth-order valence-electron chi connectivity index (χ4n) is 2.57.